The molecule has 2 rings (SSSR count). The summed E-state index contributed by atoms with van der Waals surface area (Å²) < 4.78 is 63.5. The highest BCUT2D eigenvalue weighted by Crippen LogP contribution is 2.36. The molecule has 2 aromatic rings. The smallest absolute Gasteiger partial charge is 0.412 e. The molecule has 0 spiro atoms. The second-order valence-electron chi connectivity index (χ2n) is 6.28. The third-order valence-electron chi connectivity index (χ3n) is 3.73. The molecule has 7 nitrogen and oxygen atoms in total. The summed E-state index contributed by atoms with van der Waals surface area (Å²) in [7, 11) is 1.28. The number of rotatable bonds is 8. The lowest BCUT2D eigenvalue weighted by Gasteiger charge is -2.21. The molecule has 0 saturated heterocycles. The van der Waals surface area contributed by atoms with E-state index in [9.17, 15) is 22.4 Å². The van der Waals surface area contributed by atoms with Crippen LogP contribution in [0.5, 0.6) is 17.5 Å². The Hall–Kier alpha value is -3.12. The quantitative estimate of drug-likeness (QED) is 0.211. The van der Waals surface area contributed by atoms with Crippen molar-refractivity contribution in [3.63, 3.8) is 0 Å². The second-order valence-corrected chi connectivity index (χ2v) is 7.19. The summed E-state index contributed by atoms with van der Waals surface area (Å²) in [5, 5.41) is -0.776. The molecule has 0 aromatic carbocycles. The van der Waals surface area contributed by atoms with Gasteiger partial charge in [-0.05, 0) is 32.1 Å². The molecule has 0 unspecified atom stereocenters. The van der Waals surface area contributed by atoms with Crippen LogP contribution >= 0.6 is 24.2 Å². The van der Waals surface area contributed by atoms with Crippen molar-refractivity contribution in [2.24, 2.45) is 0 Å². The van der Waals surface area contributed by atoms with Crippen LogP contribution in [0.25, 0.3) is 0 Å². The molecule has 0 N–H and O–H groups in total. The van der Waals surface area contributed by atoms with Gasteiger partial charge in [0.25, 0.3) is 5.88 Å². The lowest BCUT2D eigenvalue weighted by Crippen LogP contribution is -2.19. The van der Waals surface area contributed by atoms with Crippen molar-refractivity contribution in [2.75, 3.05) is 18.6 Å². The Labute approximate surface area is 203 Å². The van der Waals surface area contributed by atoms with Crippen molar-refractivity contribution in [3.05, 3.63) is 59.2 Å². The van der Waals surface area contributed by atoms with Crippen molar-refractivity contribution in [2.45, 2.75) is 20.0 Å². The van der Waals surface area contributed by atoms with E-state index in [2.05, 4.69) is 29.2 Å². The molecule has 2 heterocycles. The maximum Gasteiger partial charge on any atom is 0.412 e. The lowest BCUT2D eigenvalue weighted by atomic mass is 10.2. The van der Waals surface area contributed by atoms with Crippen LogP contribution < -0.4 is 14.4 Å². The Morgan fingerprint density at radius 3 is 2.53 bits per heavy atom. The number of anilines is 1. The normalized spacial score (nSPS) is 11.1. The number of likely N-dealkylation sites (N-methyl/N-ethyl adjacent to an activating group) is 1. The number of aromatic nitrogens is 2. The Morgan fingerprint density at radius 1 is 1.35 bits per heavy atom. The molecule has 34 heavy (non-hydrogen) atoms. The van der Waals surface area contributed by atoms with Gasteiger partial charge in [-0.1, -0.05) is 18.2 Å². The largest absolute Gasteiger partial charge is 0.466 e. The number of carbonyl (C=O) groups is 2. The number of hydrogen-bond acceptors (Lipinski definition) is 7. The van der Waals surface area contributed by atoms with Gasteiger partial charge >= 0.3 is 6.18 Å². The summed E-state index contributed by atoms with van der Waals surface area (Å²) in [6.45, 7) is 5.43. The fraction of sp³-hybridized carbons (Fsp3) is 0.238. The van der Waals surface area contributed by atoms with Gasteiger partial charge in [0.2, 0.25) is 11.0 Å². The third-order valence-corrected chi connectivity index (χ3v) is 4.13. The third kappa shape index (κ3) is 8.67. The summed E-state index contributed by atoms with van der Waals surface area (Å²) in [6, 6.07) is 3.82. The Bertz CT molecular complexity index is 1080. The zero-order chi connectivity index (χ0) is 26.1. The predicted molar refractivity (Wildman–Crippen MR) is 122 cm³/mol. The standard InChI is InChI=1S/C19H16ClF4N3O3S.C2H4O/c1-10(19(22,23)24)7-11(2)27(3)16-13(21)8-12(20)17(26-16)30-14-5-4-6-25-18(14)29-9-15(28)31;1-2-3/h4-8H,2,9H2,1,3H3,(H,28,31);2H,1H3/b10-7+;. The summed E-state index contributed by atoms with van der Waals surface area (Å²) in [4.78, 5) is 28.7. The molecular weight excluding hydrogens is 502 g/mol. The lowest BCUT2D eigenvalue weighted by molar-refractivity contribution is -0.112. The van der Waals surface area contributed by atoms with Crippen molar-refractivity contribution >= 4 is 41.4 Å². The first-order chi connectivity index (χ1) is 15.8. The van der Waals surface area contributed by atoms with E-state index in [1.807, 2.05) is 0 Å². The first kappa shape index (κ1) is 28.9. The number of hydrogen-bond donors (Lipinski definition) is 1. The van der Waals surface area contributed by atoms with Gasteiger partial charge in [-0.15, -0.1) is 12.6 Å². The highest BCUT2D eigenvalue weighted by atomic mass is 35.5. The minimum absolute atomic E-state index is 0.0123. The number of halogens is 5. The molecule has 0 amide bonds. The Balaban J connectivity index is 0.00000182. The number of ether oxygens (including phenoxy) is 2. The van der Waals surface area contributed by atoms with Gasteiger partial charge in [-0.25, -0.2) is 9.37 Å². The van der Waals surface area contributed by atoms with E-state index in [-0.39, 0.29) is 40.7 Å². The highest BCUT2D eigenvalue weighted by Gasteiger charge is 2.30. The molecule has 2 aromatic heterocycles. The zero-order valence-corrected chi connectivity index (χ0v) is 19.8. The number of pyridine rings is 2. The van der Waals surface area contributed by atoms with Gasteiger partial charge in [-0.2, -0.15) is 18.2 Å². The van der Waals surface area contributed by atoms with Crippen LogP contribution in [0.3, 0.4) is 0 Å². The predicted octanol–water partition coefficient (Wildman–Crippen LogP) is 5.56. The number of aldehydes is 1. The van der Waals surface area contributed by atoms with Crippen LogP contribution in [0.4, 0.5) is 23.4 Å². The van der Waals surface area contributed by atoms with Crippen LogP contribution in [0.15, 0.2) is 48.3 Å². The maximum atomic E-state index is 14.4. The van der Waals surface area contributed by atoms with Crippen molar-refractivity contribution < 1.29 is 36.6 Å². The van der Waals surface area contributed by atoms with Gasteiger partial charge < -0.3 is 19.2 Å². The SMILES string of the molecule is C=C(/C=C(\C)C(F)(F)F)N(C)c1nc(Oc2cccnc2OCC(=O)S)c(Cl)cc1F.CC=O. The molecule has 0 fully saturated rings. The number of alkyl halides is 3. The van der Waals surface area contributed by atoms with E-state index in [4.69, 9.17) is 25.9 Å². The van der Waals surface area contributed by atoms with E-state index >= 15 is 0 Å². The van der Waals surface area contributed by atoms with Gasteiger partial charge in [0, 0.05) is 30.6 Å². The van der Waals surface area contributed by atoms with Crippen molar-refractivity contribution in [3.8, 4) is 17.5 Å². The van der Waals surface area contributed by atoms with Crippen LogP contribution in [-0.2, 0) is 9.59 Å². The van der Waals surface area contributed by atoms with E-state index in [1.165, 1.54) is 32.3 Å². The molecule has 0 aliphatic carbocycles. The Kier molecular flexibility index (Phi) is 11.0. The molecule has 184 valence electrons. The number of nitrogens with zero attached hydrogens (tertiary/aromatic N) is 3. The maximum absolute atomic E-state index is 14.4. The molecule has 0 aliphatic heterocycles. The molecular formula is C21H20ClF4N3O4S. The van der Waals surface area contributed by atoms with E-state index in [0.29, 0.717) is 0 Å². The highest BCUT2D eigenvalue weighted by molar-refractivity contribution is 7.96. The van der Waals surface area contributed by atoms with E-state index in [1.54, 1.807) is 0 Å². The van der Waals surface area contributed by atoms with Gasteiger partial charge in [0.1, 0.15) is 11.3 Å². The van der Waals surface area contributed by atoms with Crippen LogP contribution in [0.1, 0.15) is 13.8 Å². The molecule has 13 heteroatoms. The van der Waals surface area contributed by atoms with E-state index < -0.39 is 22.7 Å². The fourth-order valence-corrected chi connectivity index (χ4v) is 2.35. The minimum atomic E-state index is -4.56. The topological polar surface area (TPSA) is 81.6 Å². The van der Waals surface area contributed by atoms with Gasteiger partial charge in [0.15, 0.2) is 24.0 Å². The zero-order valence-electron chi connectivity index (χ0n) is 18.2. The Morgan fingerprint density at radius 2 is 1.97 bits per heavy atom. The average molecular weight is 522 g/mol. The average Bonchev–Trinajstić information content (AvgIpc) is 2.74. The molecule has 0 saturated carbocycles. The summed E-state index contributed by atoms with van der Waals surface area (Å²) in [5.41, 5.74) is -1.10. The number of allylic oxidation sites excluding steroid dienone is 2. The molecule has 0 radical (unpaired) electrons. The van der Waals surface area contributed by atoms with Crippen molar-refractivity contribution in [1.82, 2.24) is 9.97 Å². The van der Waals surface area contributed by atoms with Crippen molar-refractivity contribution in [1.29, 1.82) is 0 Å². The molecule has 0 atom stereocenters. The fourth-order valence-electron chi connectivity index (χ4n) is 2.11. The van der Waals surface area contributed by atoms with Crippen LogP contribution in [-0.4, -0.2) is 41.2 Å². The first-order valence-corrected chi connectivity index (χ1v) is 10.1. The van der Waals surface area contributed by atoms with Gasteiger partial charge in [0.05, 0.1) is 0 Å². The number of carbonyl (C=O) groups excluding carboxylic acids is 2. The minimum Gasteiger partial charge on any atom is -0.466 e. The first-order valence-electron chi connectivity index (χ1n) is 9.23. The second kappa shape index (κ2) is 12.9. The number of thiol groups is 1. The molecule has 0 bridgehead atoms. The monoisotopic (exact) mass is 521 g/mol. The summed E-state index contributed by atoms with van der Waals surface area (Å²) in [6.07, 6.45) is -1.68. The summed E-state index contributed by atoms with van der Waals surface area (Å²) in [5.74, 6) is -1.63. The van der Waals surface area contributed by atoms with Gasteiger partial charge in [-0.3, -0.25) is 4.79 Å². The molecule has 0 aliphatic rings. The van der Waals surface area contributed by atoms with E-state index in [0.717, 1.165) is 30.3 Å². The summed E-state index contributed by atoms with van der Waals surface area (Å²) >= 11 is 9.59. The van der Waals surface area contributed by atoms with Crippen LogP contribution in [0, 0.1) is 5.82 Å². The van der Waals surface area contributed by atoms with Crippen LogP contribution in [0.2, 0.25) is 5.02 Å².